The number of oxime groups is 1. The number of nitrogens with one attached hydrogen (secondary N) is 1. The van der Waals surface area contributed by atoms with Crippen LogP contribution in [-0.2, 0) is 9.57 Å². The molecule has 0 rings (SSSR count). The van der Waals surface area contributed by atoms with Crippen LogP contribution in [0.4, 0.5) is 0 Å². The number of aliphatic hydroxyl groups is 1. The summed E-state index contributed by atoms with van der Waals surface area (Å²) in [7, 11) is 0. The summed E-state index contributed by atoms with van der Waals surface area (Å²) in [5.74, 6) is 0.462. The molecule has 0 aliphatic rings. The molecule has 0 saturated heterocycles. The SMILES string of the molecule is C=CCNCC(O)CON=C(C)OCC. The van der Waals surface area contributed by atoms with E-state index in [0.29, 0.717) is 25.6 Å². The summed E-state index contributed by atoms with van der Waals surface area (Å²) >= 11 is 0. The quantitative estimate of drug-likeness (QED) is 0.204. The molecule has 0 aliphatic heterocycles. The molecule has 1 unspecified atom stereocenters. The molecule has 2 N–H and O–H groups in total. The molecule has 0 spiro atoms. The molecule has 1 atom stereocenters. The average Bonchev–Trinajstić information content (AvgIpc) is 2.18. The monoisotopic (exact) mass is 216 g/mol. The van der Waals surface area contributed by atoms with Crippen molar-refractivity contribution in [3.63, 3.8) is 0 Å². The van der Waals surface area contributed by atoms with Crippen LogP contribution in [0.3, 0.4) is 0 Å². The number of nitrogens with zero attached hydrogens (tertiary/aromatic N) is 1. The van der Waals surface area contributed by atoms with E-state index in [2.05, 4.69) is 17.1 Å². The highest BCUT2D eigenvalue weighted by molar-refractivity contribution is 5.72. The van der Waals surface area contributed by atoms with Crippen LogP contribution < -0.4 is 5.32 Å². The molecule has 0 bridgehead atoms. The number of hydrogen-bond acceptors (Lipinski definition) is 5. The second-order valence-electron chi connectivity index (χ2n) is 2.94. The summed E-state index contributed by atoms with van der Waals surface area (Å²) in [5.41, 5.74) is 0. The van der Waals surface area contributed by atoms with Crippen LogP contribution in [0.1, 0.15) is 13.8 Å². The summed E-state index contributed by atoms with van der Waals surface area (Å²) in [6.45, 7) is 8.94. The fourth-order valence-electron chi connectivity index (χ4n) is 0.860. The third-order valence-electron chi connectivity index (χ3n) is 1.48. The minimum absolute atomic E-state index is 0.147. The van der Waals surface area contributed by atoms with E-state index in [-0.39, 0.29) is 6.61 Å². The molecule has 15 heavy (non-hydrogen) atoms. The van der Waals surface area contributed by atoms with Gasteiger partial charge in [-0.15, -0.1) is 6.58 Å². The van der Waals surface area contributed by atoms with Gasteiger partial charge in [0.25, 0.3) is 0 Å². The molecule has 5 nitrogen and oxygen atoms in total. The summed E-state index contributed by atoms with van der Waals surface area (Å²) in [5, 5.41) is 16.0. The van der Waals surface area contributed by atoms with Crippen LogP contribution in [0.15, 0.2) is 17.8 Å². The molecule has 0 radical (unpaired) electrons. The van der Waals surface area contributed by atoms with Crippen molar-refractivity contribution in [2.24, 2.45) is 5.16 Å². The van der Waals surface area contributed by atoms with Crippen molar-refractivity contribution in [3.8, 4) is 0 Å². The molecular formula is C10H20N2O3. The van der Waals surface area contributed by atoms with Gasteiger partial charge in [0, 0.05) is 20.0 Å². The van der Waals surface area contributed by atoms with E-state index >= 15 is 0 Å². The van der Waals surface area contributed by atoms with Gasteiger partial charge in [0.15, 0.2) is 0 Å². The predicted molar refractivity (Wildman–Crippen MR) is 59.8 cm³/mol. The number of aliphatic hydroxyl groups excluding tert-OH is 1. The first-order valence-corrected chi connectivity index (χ1v) is 4.99. The first kappa shape index (κ1) is 13.9. The van der Waals surface area contributed by atoms with E-state index in [1.165, 1.54) is 0 Å². The normalized spacial score (nSPS) is 13.4. The molecule has 0 amide bonds. The molecule has 0 aromatic carbocycles. The van der Waals surface area contributed by atoms with Crippen LogP contribution in [0.25, 0.3) is 0 Å². The highest BCUT2D eigenvalue weighted by Gasteiger charge is 2.03. The summed E-state index contributed by atoms with van der Waals surface area (Å²) < 4.78 is 5.04. The zero-order chi connectivity index (χ0) is 11.5. The predicted octanol–water partition coefficient (Wildman–Crippen LogP) is 0.509. The second-order valence-corrected chi connectivity index (χ2v) is 2.94. The maximum atomic E-state index is 9.39. The van der Waals surface area contributed by atoms with E-state index in [1.807, 2.05) is 6.92 Å². The van der Waals surface area contributed by atoms with Gasteiger partial charge < -0.3 is 20.0 Å². The Hall–Kier alpha value is -1.07. The minimum Gasteiger partial charge on any atom is -0.479 e. The highest BCUT2D eigenvalue weighted by Crippen LogP contribution is 1.88. The maximum Gasteiger partial charge on any atom is 0.222 e. The Kier molecular flexibility index (Phi) is 8.81. The van der Waals surface area contributed by atoms with Crippen molar-refractivity contribution in [2.45, 2.75) is 20.0 Å². The molecule has 0 fully saturated rings. The van der Waals surface area contributed by atoms with E-state index in [4.69, 9.17) is 9.57 Å². The lowest BCUT2D eigenvalue weighted by molar-refractivity contribution is 0.0371. The third-order valence-corrected chi connectivity index (χ3v) is 1.48. The molecule has 0 heterocycles. The van der Waals surface area contributed by atoms with Crippen molar-refractivity contribution in [3.05, 3.63) is 12.7 Å². The maximum absolute atomic E-state index is 9.39. The fraction of sp³-hybridized carbons (Fsp3) is 0.700. The van der Waals surface area contributed by atoms with Crippen molar-refractivity contribution in [2.75, 3.05) is 26.3 Å². The topological polar surface area (TPSA) is 63.1 Å². The lowest BCUT2D eigenvalue weighted by Gasteiger charge is -2.09. The lowest BCUT2D eigenvalue weighted by Crippen LogP contribution is -2.30. The second kappa shape index (κ2) is 9.48. The van der Waals surface area contributed by atoms with Crippen LogP contribution in [-0.4, -0.2) is 43.4 Å². The first-order chi connectivity index (χ1) is 7.20. The number of ether oxygens (including phenoxy) is 1. The van der Waals surface area contributed by atoms with Gasteiger partial charge in [-0.1, -0.05) is 11.2 Å². The van der Waals surface area contributed by atoms with Gasteiger partial charge in [-0.3, -0.25) is 0 Å². The van der Waals surface area contributed by atoms with Gasteiger partial charge in [0.05, 0.1) is 6.61 Å². The number of hydrogen-bond donors (Lipinski definition) is 2. The Labute approximate surface area is 90.8 Å². The summed E-state index contributed by atoms with van der Waals surface area (Å²) in [6, 6.07) is 0. The minimum atomic E-state index is -0.580. The van der Waals surface area contributed by atoms with Crippen molar-refractivity contribution in [1.29, 1.82) is 0 Å². The molecule has 0 aromatic rings. The standard InChI is InChI=1S/C10H20N2O3/c1-4-6-11-7-10(13)8-15-12-9(3)14-5-2/h4,10-11,13H,1,5-8H2,2-3H3. The fourth-order valence-corrected chi connectivity index (χ4v) is 0.860. The Balaban J connectivity index is 3.48. The summed E-state index contributed by atoms with van der Waals surface area (Å²) in [4.78, 5) is 4.89. The van der Waals surface area contributed by atoms with Gasteiger partial charge in [-0.05, 0) is 6.92 Å². The van der Waals surface area contributed by atoms with E-state index in [9.17, 15) is 5.11 Å². The molecule has 0 aliphatic carbocycles. The highest BCUT2D eigenvalue weighted by atomic mass is 16.7. The lowest BCUT2D eigenvalue weighted by atomic mass is 10.4. The summed E-state index contributed by atoms with van der Waals surface area (Å²) in [6.07, 6.45) is 1.15. The molecule has 5 heteroatoms. The van der Waals surface area contributed by atoms with Crippen LogP contribution >= 0.6 is 0 Å². The Morgan fingerprint density at radius 2 is 2.40 bits per heavy atom. The molecular weight excluding hydrogens is 196 g/mol. The van der Waals surface area contributed by atoms with Crippen LogP contribution in [0.2, 0.25) is 0 Å². The van der Waals surface area contributed by atoms with Crippen LogP contribution in [0, 0.1) is 0 Å². The molecule has 0 aromatic heterocycles. The zero-order valence-electron chi connectivity index (χ0n) is 9.40. The average molecular weight is 216 g/mol. The van der Waals surface area contributed by atoms with Gasteiger partial charge >= 0.3 is 0 Å². The van der Waals surface area contributed by atoms with Gasteiger partial charge in [0.2, 0.25) is 5.90 Å². The van der Waals surface area contributed by atoms with Gasteiger partial charge in [-0.25, -0.2) is 0 Å². The Morgan fingerprint density at radius 1 is 1.67 bits per heavy atom. The number of rotatable bonds is 8. The first-order valence-electron chi connectivity index (χ1n) is 4.99. The van der Waals surface area contributed by atoms with E-state index in [0.717, 1.165) is 0 Å². The smallest absolute Gasteiger partial charge is 0.222 e. The van der Waals surface area contributed by atoms with E-state index < -0.39 is 6.10 Å². The molecule has 0 saturated carbocycles. The third kappa shape index (κ3) is 9.24. The Morgan fingerprint density at radius 3 is 3.00 bits per heavy atom. The van der Waals surface area contributed by atoms with Crippen LogP contribution in [0.5, 0.6) is 0 Å². The zero-order valence-corrected chi connectivity index (χ0v) is 9.40. The van der Waals surface area contributed by atoms with E-state index in [1.54, 1.807) is 13.0 Å². The van der Waals surface area contributed by atoms with Crippen molar-refractivity contribution >= 4 is 5.90 Å². The Bertz CT molecular complexity index is 195. The molecule has 88 valence electrons. The van der Waals surface area contributed by atoms with Crippen molar-refractivity contribution in [1.82, 2.24) is 5.32 Å². The van der Waals surface area contributed by atoms with Gasteiger partial charge in [-0.2, -0.15) is 0 Å². The van der Waals surface area contributed by atoms with Gasteiger partial charge in [0.1, 0.15) is 12.7 Å². The largest absolute Gasteiger partial charge is 0.479 e. The van der Waals surface area contributed by atoms with Crippen molar-refractivity contribution < 1.29 is 14.7 Å².